The molecule has 11 heteroatoms. The van der Waals surface area contributed by atoms with Crippen molar-refractivity contribution in [1.82, 2.24) is 25.5 Å². The fourth-order valence-electron chi connectivity index (χ4n) is 4.08. The quantitative estimate of drug-likeness (QED) is 0.342. The number of esters is 1. The van der Waals surface area contributed by atoms with E-state index < -0.39 is 12.0 Å². The SMILES string of the molecule is CSCCC(NC(=O)CNCc1ccccc1C#N)C(=O)OC[C@@H]1CCCN1C(=O)Cc1c[nH]cn1. The zero-order valence-corrected chi connectivity index (χ0v) is 21.2. The third-order valence-corrected chi connectivity index (χ3v) is 6.62. The Balaban J connectivity index is 1.47. The van der Waals surface area contributed by atoms with E-state index in [1.165, 1.54) is 6.33 Å². The number of nitriles is 1. The molecule has 0 saturated carbocycles. The number of carbonyl (C=O) groups excluding carboxylic acids is 3. The Kier molecular flexibility index (Phi) is 10.8. The Hall–Kier alpha value is -3.36. The second-order valence-electron chi connectivity index (χ2n) is 8.52. The molecule has 2 atom stereocenters. The summed E-state index contributed by atoms with van der Waals surface area (Å²) in [6, 6.07) is 8.35. The van der Waals surface area contributed by atoms with Gasteiger partial charge in [-0.15, -0.1) is 0 Å². The van der Waals surface area contributed by atoms with Crippen molar-refractivity contribution in [3.63, 3.8) is 0 Å². The zero-order chi connectivity index (χ0) is 25.8. The second kappa shape index (κ2) is 14.3. The summed E-state index contributed by atoms with van der Waals surface area (Å²) in [7, 11) is 0. The molecule has 2 amide bonds. The summed E-state index contributed by atoms with van der Waals surface area (Å²) in [6.07, 6.45) is 7.41. The van der Waals surface area contributed by atoms with E-state index in [0.29, 0.717) is 36.5 Å². The zero-order valence-electron chi connectivity index (χ0n) is 20.4. The number of carbonyl (C=O) groups is 3. The Labute approximate surface area is 215 Å². The molecule has 1 saturated heterocycles. The fraction of sp³-hybridized carbons (Fsp3) is 0.480. The highest BCUT2D eigenvalue weighted by Gasteiger charge is 2.31. The predicted molar refractivity (Wildman–Crippen MR) is 136 cm³/mol. The molecule has 1 aromatic carbocycles. The number of benzene rings is 1. The third kappa shape index (κ3) is 8.10. The monoisotopic (exact) mass is 512 g/mol. The molecular formula is C25H32N6O4S. The van der Waals surface area contributed by atoms with Crippen LogP contribution in [0.15, 0.2) is 36.8 Å². The Morgan fingerprint density at radius 1 is 1.36 bits per heavy atom. The fourth-order valence-corrected chi connectivity index (χ4v) is 4.56. The molecule has 0 spiro atoms. The Morgan fingerprint density at radius 2 is 2.19 bits per heavy atom. The maximum absolute atomic E-state index is 12.8. The molecule has 3 rings (SSSR count). The van der Waals surface area contributed by atoms with Crippen LogP contribution in [0, 0.1) is 11.3 Å². The van der Waals surface area contributed by atoms with Gasteiger partial charge >= 0.3 is 5.97 Å². The minimum atomic E-state index is -0.771. The van der Waals surface area contributed by atoms with Crippen LogP contribution in [-0.4, -0.2) is 76.4 Å². The van der Waals surface area contributed by atoms with Gasteiger partial charge in [0.2, 0.25) is 11.8 Å². The maximum Gasteiger partial charge on any atom is 0.328 e. The molecule has 10 nitrogen and oxygen atoms in total. The van der Waals surface area contributed by atoms with Crippen molar-refractivity contribution in [3.8, 4) is 6.07 Å². The first-order chi connectivity index (χ1) is 17.5. The van der Waals surface area contributed by atoms with Crippen molar-refractivity contribution in [2.45, 2.75) is 44.3 Å². The summed E-state index contributed by atoms with van der Waals surface area (Å²) in [5.74, 6) is -0.194. The van der Waals surface area contributed by atoms with Gasteiger partial charge in [0, 0.05) is 19.3 Å². The van der Waals surface area contributed by atoms with Crippen LogP contribution < -0.4 is 10.6 Å². The van der Waals surface area contributed by atoms with Crippen molar-refractivity contribution in [2.75, 3.05) is 31.7 Å². The number of H-pyrrole nitrogens is 1. The van der Waals surface area contributed by atoms with E-state index >= 15 is 0 Å². The standard InChI is InChI=1S/C25H32N6O4S/c1-36-10-8-22(30-23(32)15-27-13-19-6-3-2-5-18(19)12-26)25(34)35-16-21-7-4-9-31(21)24(33)11-20-14-28-17-29-20/h2-3,5-6,14,17,21-22,27H,4,7-11,13,15-16H2,1H3,(H,28,29)(H,30,32)/t21-,22?/m0/s1. The van der Waals surface area contributed by atoms with E-state index in [4.69, 9.17) is 4.74 Å². The van der Waals surface area contributed by atoms with Crippen LogP contribution >= 0.6 is 11.8 Å². The molecular weight excluding hydrogens is 480 g/mol. The van der Waals surface area contributed by atoms with Gasteiger partial charge in [-0.2, -0.15) is 17.0 Å². The number of aromatic nitrogens is 2. The normalized spacial score (nSPS) is 15.8. The number of aromatic amines is 1. The number of hydrogen-bond donors (Lipinski definition) is 3. The van der Waals surface area contributed by atoms with Gasteiger partial charge in [-0.25, -0.2) is 9.78 Å². The topological polar surface area (TPSA) is 140 Å². The lowest BCUT2D eigenvalue weighted by Gasteiger charge is -2.25. The average Bonchev–Trinajstić information content (AvgIpc) is 3.57. The molecule has 36 heavy (non-hydrogen) atoms. The number of ether oxygens (including phenoxy) is 1. The number of nitrogens with one attached hydrogen (secondary N) is 3. The lowest BCUT2D eigenvalue weighted by Crippen LogP contribution is -2.47. The van der Waals surface area contributed by atoms with E-state index in [1.54, 1.807) is 35.0 Å². The Bertz CT molecular complexity index is 1060. The first-order valence-electron chi connectivity index (χ1n) is 11.9. The lowest BCUT2D eigenvalue weighted by molar-refractivity contribution is -0.150. The van der Waals surface area contributed by atoms with Gasteiger partial charge < -0.3 is 25.3 Å². The van der Waals surface area contributed by atoms with Crippen LogP contribution in [0.25, 0.3) is 0 Å². The van der Waals surface area contributed by atoms with Crippen molar-refractivity contribution >= 4 is 29.5 Å². The van der Waals surface area contributed by atoms with E-state index in [9.17, 15) is 19.6 Å². The minimum Gasteiger partial charge on any atom is -0.462 e. The van der Waals surface area contributed by atoms with Crippen LogP contribution in [0.2, 0.25) is 0 Å². The van der Waals surface area contributed by atoms with Crippen LogP contribution in [-0.2, 0) is 32.1 Å². The van der Waals surface area contributed by atoms with Crippen molar-refractivity contribution in [2.24, 2.45) is 0 Å². The molecule has 0 bridgehead atoms. The van der Waals surface area contributed by atoms with Crippen molar-refractivity contribution < 1.29 is 19.1 Å². The summed E-state index contributed by atoms with van der Waals surface area (Å²) in [5, 5.41) is 15.0. The third-order valence-electron chi connectivity index (χ3n) is 5.97. The van der Waals surface area contributed by atoms with Crippen LogP contribution in [0.3, 0.4) is 0 Å². The molecule has 3 N–H and O–H groups in total. The summed E-state index contributed by atoms with van der Waals surface area (Å²) in [6.45, 7) is 1.08. The molecule has 2 heterocycles. The lowest BCUT2D eigenvalue weighted by atomic mass is 10.1. The summed E-state index contributed by atoms with van der Waals surface area (Å²) >= 11 is 1.58. The highest BCUT2D eigenvalue weighted by Crippen LogP contribution is 2.19. The van der Waals surface area contributed by atoms with E-state index in [2.05, 4.69) is 26.7 Å². The predicted octanol–water partition coefficient (Wildman–Crippen LogP) is 1.39. The summed E-state index contributed by atoms with van der Waals surface area (Å²) in [4.78, 5) is 46.7. The van der Waals surface area contributed by atoms with E-state index in [0.717, 1.165) is 18.4 Å². The molecule has 2 aromatic rings. The first kappa shape index (κ1) is 27.2. The van der Waals surface area contributed by atoms with Gasteiger partial charge in [0.15, 0.2) is 0 Å². The summed E-state index contributed by atoms with van der Waals surface area (Å²) < 4.78 is 5.57. The summed E-state index contributed by atoms with van der Waals surface area (Å²) in [5.41, 5.74) is 2.02. The van der Waals surface area contributed by atoms with Crippen molar-refractivity contribution in [3.05, 3.63) is 53.6 Å². The van der Waals surface area contributed by atoms with Gasteiger partial charge in [0.05, 0.1) is 42.7 Å². The number of amides is 2. The largest absolute Gasteiger partial charge is 0.462 e. The van der Waals surface area contributed by atoms with E-state index in [1.807, 2.05) is 18.4 Å². The molecule has 1 fully saturated rings. The molecule has 1 aliphatic heterocycles. The molecule has 0 radical (unpaired) electrons. The maximum atomic E-state index is 12.8. The van der Waals surface area contributed by atoms with Gasteiger partial charge in [0.1, 0.15) is 12.6 Å². The molecule has 0 aliphatic carbocycles. The molecule has 192 valence electrons. The van der Waals surface area contributed by atoms with Crippen LogP contribution in [0.1, 0.15) is 36.1 Å². The number of likely N-dealkylation sites (tertiary alicyclic amines) is 1. The molecule has 1 aromatic heterocycles. The van der Waals surface area contributed by atoms with Gasteiger partial charge in [0.25, 0.3) is 0 Å². The first-order valence-corrected chi connectivity index (χ1v) is 13.3. The van der Waals surface area contributed by atoms with E-state index in [-0.39, 0.29) is 37.4 Å². The second-order valence-corrected chi connectivity index (χ2v) is 9.51. The molecule has 1 unspecified atom stereocenters. The Morgan fingerprint density at radius 3 is 2.94 bits per heavy atom. The number of hydrogen-bond acceptors (Lipinski definition) is 8. The van der Waals surface area contributed by atoms with Crippen molar-refractivity contribution in [1.29, 1.82) is 5.26 Å². The smallest absolute Gasteiger partial charge is 0.328 e. The highest BCUT2D eigenvalue weighted by atomic mass is 32.2. The molecule has 1 aliphatic rings. The van der Waals surface area contributed by atoms with Crippen LogP contribution in [0.4, 0.5) is 0 Å². The van der Waals surface area contributed by atoms with Gasteiger partial charge in [-0.1, -0.05) is 18.2 Å². The highest BCUT2D eigenvalue weighted by molar-refractivity contribution is 7.98. The number of rotatable bonds is 13. The number of nitrogens with zero attached hydrogens (tertiary/aromatic N) is 3. The van der Waals surface area contributed by atoms with Gasteiger partial charge in [-0.05, 0) is 42.9 Å². The van der Waals surface area contributed by atoms with Gasteiger partial charge in [-0.3, -0.25) is 9.59 Å². The average molecular weight is 513 g/mol. The van der Waals surface area contributed by atoms with Crippen LogP contribution in [0.5, 0.6) is 0 Å². The number of thioether (sulfide) groups is 1. The number of imidazole rings is 1. The minimum absolute atomic E-state index is 0.000898.